The van der Waals surface area contributed by atoms with Gasteiger partial charge in [-0.2, -0.15) is 0 Å². The minimum atomic E-state index is -0.953. The van der Waals surface area contributed by atoms with Crippen molar-refractivity contribution in [3.8, 4) is 0 Å². The van der Waals surface area contributed by atoms with Gasteiger partial charge in [0, 0.05) is 6.54 Å². The van der Waals surface area contributed by atoms with Crippen LogP contribution in [0.2, 0.25) is 0 Å². The van der Waals surface area contributed by atoms with E-state index in [1.165, 1.54) is 6.92 Å². The van der Waals surface area contributed by atoms with E-state index >= 15 is 0 Å². The number of nitrogens with two attached hydrogens (primary N) is 1. The highest BCUT2D eigenvalue weighted by Gasteiger charge is 2.25. The number of amides is 3. The molecule has 0 spiro atoms. The van der Waals surface area contributed by atoms with Crippen molar-refractivity contribution in [2.24, 2.45) is 17.1 Å². The number of carbonyl (C=O) groups is 3. The van der Waals surface area contributed by atoms with Crippen LogP contribution in [0.4, 0.5) is 4.79 Å². The molecule has 0 aliphatic heterocycles. The predicted molar refractivity (Wildman–Crippen MR) is 70.4 cm³/mol. The first-order valence-electron chi connectivity index (χ1n) is 6.09. The van der Waals surface area contributed by atoms with Crippen LogP contribution >= 0.6 is 0 Å². The normalized spacial score (nSPS) is 14.3. The average molecular weight is 273 g/mol. The highest BCUT2D eigenvalue weighted by atomic mass is 16.4. The van der Waals surface area contributed by atoms with Gasteiger partial charge in [0.2, 0.25) is 5.91 Å². The maximum Gasteiger partial charge on any atom is 0.312 e. The molecule has 0 radical (unpaired) electrons. The average Bonchev–Trinajstić information content (AvgIpc) is 2.20. The first kappa shape index (κ1) is 17.2. The van der Waals surface area contributed by atoms with Crippen molar-refractivity contribution in [3.63, 3.8) is 0 Å². The van der Waals surface area contributed by atoms with Gasteiger partial charge >= 0.3 is 12.0 Å². The summed E-state index contributed by atoms with van der Waals surface area (Å²) in [4.78, 5) is 33.3. The van der Waals surface area contributed by atoms with E-state index in [1.807, 2.05) is 20.8 Å². The van der Waals surface area contributed by atoms with Gasteiger partial charge in [0.1, 0.15) is 6.04 Å². The zero-order valence-electron chi connectivity index (χ0n) is 11.8. The molecule has 0 aromatic heterocycles. The molecular weight excluding hydrogens is 250 g/mol. The van der Waals surface area contributed by atoms with Crippen LogP contribution in [0.1, 0.15) is 34.1 Å². The second-order valence-corrected chi connectivity index (χ2v) is 5.78. The second kappa shape index (κ2) is 6.96. The number of carboxylic acids is 1. The van der Waals surface area contributed by atoms with Crippen molar-refractivity contribution in [2.75, 3.05) is 6.54 Å². The van der Waals surface area contributed by atoms with Crippen molar-refractivity contribution in [1.82, 2.24) is 10.6 Å². The number of urea groups is 1. The minimum Gasteiger partial charge on any atom is -0.481 e. The van der Waals surface area contributed by atoms with Gasteiger partial charge in [-0.15, -0.1) is 0 Å². The summed E-state index contributed by atoms with van der Waals surface area (Å²) in [5, 5.41) is 13.8. The lowest BCUT2D eigenvalue weighted by Gasteiger charge is -2.24. The van der Waals surface area contributed by atoms with Crippen LogP contribution < -0.4 is 16.4 Å². The first-order chi connectivity index (χ1) is 8.53. The Morgan fingerprint density at radius 2 is 1.79 bits per heavy atom. The summed E-state index contributed by atoms with van der Waals surface area (Å²) >= 11 is 0. The Balaban J connectivity index is 4.37. The Labute approximate surface area is 112 Å². The molecule has 2 atom stereocenters. The van der Waals surface area contributed by atoms with Crippen molar-refractivity contribution in [2.45, 2.75) is 40.2 Å². The minimum absolute atomic E-state index is 0.0240. The van der Waals surface area contributed by atoms with Crippen LogP contribution in [-0.4, -0.2) is 35.6 Å². The fourth-order valence-corrected chi connectivity index (χ4v) is 1.64. The summed E-state index contributed by atoms with van der Waals surface area (Å²) in [6.07, 6.45) is 0.445. The van der Waals surface area contributed by atoms with Crippen LogP contribution in [-0.2, 0) is 9.59 Å². The Hall–Kier alpha value is -1.79. The fraction of sp³-hybridized carbons (Fsp3) is 0.750. The van der Waals surface area contributed by atoms with E-state index in [0.29, 0.717) is 6.42 Å². The lowest BCUT2D eigenvalue weighted by Crippen LogP contribution is -2.48. The molecule has 0 aliphatic rings. The van der Waals surface area contributed by atoms with Crippen molar-refractivity contribution < 1.29 is 19.5 Å². The Bertz CT molecular complexity index is 349. The SMILES string of the molecule is CC(NC(N)=O)C(=O)NCC(CC(C)(C)C)C(=O)O. The number of primary amides is 1. The van der Waals surface area contributed by atoms with Gasteiger partial charge in [-0.25, -0.2) is 4.79 Å². The highest BCUT2D eigenvalue weighted by molar-refractivity contribution is 5.86. The molecule has 0 aromatic carbocycles. The van der Waals surface area contributed by atoms with Crippen LogP contribution in [0.5, 0.6) is 0 Å². The monoisotopic (exact) mass is 273 g/mol. The molecule has 7 nitrogen and oxygen atoms in total. The number of rotatable bonds is 6. The molecule has 5 N–H and O–H groups in total. The number of carbonyl (C=O) groups excluding carboxylic acids is 2. The summed E-state index contributed by atoms with van der Waals surface area (Å²) in [5.74, 6) is -2.07. The van der Waals surface area contributed by atoms with E-state index in [2.05, 4.69) is 10.6 Å². The Morgan fingerprint density at radius 1 is 1.26 bits per heavy atom. The van der Waals surface area contributed by atoms with Crippen molar-refractivity contribution in [1.29, 1.82) is 0 Å². The number of hydrogen-bond acceptors (Lipinski definition) is 3. The second-order valence-electron chi connectivity index (χ2n) is 5.78. The Kier molecular flexibility index (Phi) is 6.31. The van der Waals surface area contributed by atoms with Gasteiger partial charge in [-0.1, -0.05) is 20.8 Å². The fourth-order valence-electron chi connectivity index (χ4n) is 1.64. The van der Waals surface area contributed by atoms with Gasteiger partial charge in [-0.05, 0) is 18.8 Å². The molecule has 0 bridgehead atoms. The third-order valence-corrected chi connectivity index (χ3v) is 2.48. The molecular formula is C12H23N3O4. The summed E-state index contributed by atoms with van der Waals surface area (Å²) in [5.41, 5.74) is 4.75. The van der Waals surface area contributed by atoms with E-state index in [4.69, 9.17) is 10.8 Å². The molecule has 0 saturated heterocycles. The quantitative estimate of drug-likeness (QED) is 0.556. The standard InChI is InChI=1S/C12H23N3O4/c1-7(15-11(13)19)9(16)14-6-8(10(17)18)5-12(2,3)4/h7-8H,5-6H2,1-4H3,(H,14,16)(H,17,18)(H3,13,15,19). The molecule has 0 saturated carbocycles. The van der Waals surface area contributed by atoms with E-state index in [-0.39, 0.29) is 12.0 Å². The molecule has 0 rings (SSSR count). The van der Waals surface area contributed by atoms with E-state index in [0.717, 1.165) is 0 Å². The summed E-state index contributed by atoms with van der Waals surface area (Å²) in [6, 6.07) is -1.59. The molecule has 0 fully saturated rings. The summed E-state index contributed by atoms with van der Waals surface area (Å²) in [7, 11) is 0. The maximum absolute atomic E-state index is 11.6. The lowest BCUT2D eigenvalue weighted by atomic mass is 9.84. The van der Waals surface area contributed by atoms with E-state index in [9.17, 15) is 14.4 Å². The van der Waals surface area contributed by atoms with E-state index < -0.39 is 29.9 Å². The molecule has 110 valence electrons. The largest absolute Gasteiger partial charge is 0.481 e. The smallest absolute Gasteiger partial charge is 0.312 e. The number of carboxylic acid groups (broad SMARTS) is 1. The third kappa shape index (κ3) is 8.01. The van der Waals surface area contributed by atoms with Crippen molar-refractivity contribution in [3.05, 3.63) is 0 Å². The van der Waals surface area contributed by atoms with Crippen LogP contribution in [0.25, 0.3) is 0 Å². The summed E-state index contributed by atoms with van der Waals surface area (Å²) < 4.78 is 0. The molecule has 0 aliphatic carbocycles. The predicted octanol–water partition coefficient (Wildman–Crippen LogP) is 0.296. The molecule has 0 aromatic rings. The zero-order valence-corrected chi connectivity index (χ0v) is 11.8. The Morgan fingerprint density at radius 3 is 2.16 bits per heavy atom. The molecule has 19 heavy (non-hydrogen) atoms. The van der Waals surface area contributed by atoms with Gasteiger partial charge in [-0.3, -0.25) is 9.59 Å². The number of nitrogens with one attached hydrogen (secondary N) is 2. The maximum atomic E-state index is 11.6. The molecule has 7 heteroatoms. The van der Waals surface area contributed by atoms with Crippen LogP contribution in [0.15, 0.2) is 0 Å². The van der Waals surface area contributed by atoms with Crippen LogP contribution in [0, 0.1) is 11.3 Å². The lowest BCUT2D eigenvalue weighted by molar-refractivity contribution is -0.142. The third-order valence-electron chi connectivity index (χ3n) is 2.48. The molecule has 0 heterocycles. The van der Waals surface area contributed by atoms with Crippen LogP contribution in [0.3, 0.4) is 0 Å². The highest BCUT2D eigenvalue weighted by Crippen LogP contribution is 2.24. The van der Waals surface area contributed by atoms with Crippen molar-refractivity contribution >= 4 is 17.9 Å². The van der Waals surface area contributed by atoms with Gasteiger partial charge < -0.3 is 21.5 Å². The van der Waals surface area contributed by atoms with E-state index in [1.54, 1.807) is 0 Å². The number of aliphatic carboxylic acids is 1. The summed E-state index contributed by atoms with van der Waals surface area (Å²) in [6.45, 7) is 7.29. The first-order valence-corrected chi connectivity index (χ1v) is 6.09. The topological polar surface area (TPSA) is 122 Å². The number of hydrogen-bond donors (Lipinski definition) is 4. The van der Waals surface area contributed by atoms with Gasteiger partial charge in [0.05, 0.1) is 5.92 Å². The molecule has 3 amide bonds. The van der Waals surface area contributed by atoms with Gasteiger partial charge in [0.25, 0.3) is 0 Å². The van der Waals surface area contributed by atoms with Gasteiger partial charge in [0.15, 0.2) is 0 Å². The zero-order chi connectivity index (χ0) is 15.2. The molecule has 2 unspecified atom stereocenters.